The molecule has 1 N–H and O–H groups in total. The van der Waals surface area contributed by atoms with Crippen LogP contribution < -0.4 is 10.2 Å². The fraction of sp³-hybridized carbons (Fsp3) is 0.429. The molecule has 0 saturated carbocycles. The van der Waals surface area contributed by atoms with Crippen molar-refractivity contribution >= 4 is 29.1 Å². The number of hydrogen-bond donors (Lipinski definition) is 1. The number of carbonyl (C=O) groups is 2. The second-order valence-electron chi connectivity index (χ2n) is 5.35. The molecule has 1 unspecified atom stereocenters. The van der Waals surface area contributed by atoms with Gasteiger partial charge in [0, 0.05) is 10.7 Å². The molecule has 1 atom stereocenters. The molecule has 0 aliphatic carbocycles. The van der Waals surface area contributed by atoms with Crippen LogP contribution in [0.4, 0.5) is 5.69 Å². The Morgan fingerprint density at radius 3 is 2.58 bits per heavy atom. The van der Waals surface area contributed by atoms with E-state index in [0.29, 0.717) is 10.7 Å². The maximum absolute atomic E-state index is 12.5. The lowest BCUT2D eigenvalue weighted by Gasteiger charge is -2.42. The highest BCUT2D eigenvalue weighted by atomic mass is 35.5. The predicted molar refractivity (Wildman–Crippen MR) is 75.4 cm³/mol. The highest BCUT2D eigenvalue weighted by Crippen LogP contribution is 2.31. The molecule has 1 heterocycles. The lowest BCUT2D eigenvalue weighted by atomic mass is 9.96. The van der Waals surface area contributed by atoms with Crippen molar-refractivity contribution in [2.45, 2.75) is 39.3 Å². The van der Waals surface area contributed by atoms with Crippen LogP contribution in [-0.2, 0) is 9.59 Å². The van der Waals surface area contributed by atoms with Crippen LogP contribution in [-0.4, -0.2) is 23.4 Å². The molecule has 2 rings (SSSR count). The molecule has 1 aromatic carbocycles. The number of benzene rings is 1. The van der Waals surface area contributed by atoms with E-state index >= 15 is 0 Å². The number of hydrogen-bond acceptors (Lipinski definition) is 2. The summed E-state index contributed by atoms with van der Waals surface area (Å²) in [5, 5.41) is 3.31. The molecule has 1 fully saturated rings. The minimum Gasteiger partial charge on any atom is -0.340 e. The highest BCUT2D eigenvalue weighted by molar-refractivity contribution is 6.32. The first-order chi connectivity index (χ1) is 8.75. The van der Waals surface area contributed by atoms with E-state index in [1.807, 2.05) is 13.0 Å². The Morgan fingerprint density at radius 2 is 1.95 bits per heavy atom. The number of halogens is 1. The van der Waals surface area contributed by atoms with Gasteiger partial charge in [0.25, 0.3) is 5.91 Å². The van der Waals surface area contributed by atoms with E-state index < -0.39 is 11.6 Å². The third kappa shape index (κ3) is 2.21. The summed E-state index contributed by atoms with van der Waals surface area (Å²) in [5.41, 5.74) is 0.584. The summed E-state index contributed by atoms with van der Waals surface area (Å²) >= 11 is 6.10. The average molecular weight is 281 g/mol. The van der Waals surface area contributed by atoms with Gasteiger partial charge in [0.2, 0.25) is 5.91 Å². The molecule has 1 aliphatic heterocycles. The zero-order chi connectivity index (χ0) is 14.4. The first kappa shape index (κ1) is 13.9. The fourth-order valence-corrected chi connectivity index (χ4v) is 2.40. The van der Waals surface area contributed by atoms with E-state index in [2.05, 4.69) is 5.32 Å². The first-order valence-corrected chi connectivity index (χ1v) is 6.54. The van der Waals surface area contributed by atoms with Gasteiger partial charge in [-0.1, -0.05) is 17.7 Å². The number of anilines is 1. The Hall–Kier alpha value is -1.55. The molecule has 1 saturated heterocycles. The Kier molecular flexibility index (Phi) is 3.31. The summed E-state index contributed by atoms with van der Waals surface area (Å²) in [4.78, 5) is 26.1. The molecule has 1 aliphatic rings. The summed E-state index contributed by atoms with van der Waals surface area (Å²) in [6.45, 7) is 6.96. The van der Waals surface area contributed by atoms with Gasteiger partial charge in [-0.2, -0.15) is 0 Å². The van der Waals surface area contributed by atoms with Gasteiger partial charge in [-0.05, 0) is 45.4 Å². The van der Waals surface area contributed by atoms with Crippen LogP contribution in [0.2, 0.25) is 5.02 Å². The Labute approximate surface area is 117 Å². The smallest absolute Gasteiger partial charge is 0.252 e. The van der Waals surface area contributed by atoms with Crippen LogP contribution in [0.25, 0.3) is 0 Å². The number of nitrogens with one attached hydrogen (secondary N) is 1. The van der Waals surface area contributed by atoms with Crippen molar-refractivity contribution < 1.29 is 9.59 Å². The van der Waals surface area contributed by atoms with Gasteiger partial charge in [0.05, 0.1) is 0 Å². The van der Waals surface area contributed by atoms with Gasteiger partial charge in [-0.3, -0.25) is 14.5 Å². The number of amides is 2. The maximum Gasteiger partial charge on any atom is 0.252 e. The van der Waals surface area contributed by atoms with Crippen LogP contribution in [0.3, 0.4) is 0 Å². The Balaban J connectivity index is 2.55. The van der Waals surface area contributed by atoms with E-state index in [-0.39, 0.29) is 11.8 Å². The summed E-state index contributed by atoms with van der Waals surface area (Å²) in [7, 11) is 0. The van der Waals surface area contributed by atoms with Crippen molar-refractivity contribution in [3.63, 3.8) is 0 Å². The van der Waals surface area contributed by atoms with Crippen molar-refractivity contribution in [2.24, 2.45) is 0 Å². The second kappa shape index (κ2) is 4.53. The third-order valence-electron chi connectivity index (χ3n) is 3.45. The minimum absolute atomic E-state index is 0.134. The third-order valence-corrected chi connectivity index (χ3v) is 3.86. The number of nitrogens with zero attached hydrogens (tertiary/aromatic N) is 1. The number of carbonyl (C=O) groups excluding carboxylic acids is 2. The topological polar surface area (TPSA) is 49.4 Å². The van der Waals surface area contributed by atoms with E-state index in [4.69, 9.17) is 11.6 Å². The summed E-state index contributed by atoms with van der Waals surface area (Å²) in [6, 6.07) is 4.82. The highest BCUT2D eigenvalue weighted by Gasteiger charge is 2.44. The van der Waals surface area contributed by atoms with Gasteiger partial charge in [0.15, 0.2) is 0 Å². The molecular formula is C14H17ClN2O2. The minimum atomic E-state index is -0.904. The van der Waals surface area contributed by atoms with E-state index in [1.54, 1.807) is 32.9 Å². The Morgan fingerprint density at radius 1 is 1.32 bits per heavy atom. The summed E-state index contributed by atoms with van der Waals surface area (Å²) < 4.78 is 0. The van der Waals surface area contributed by atoms with Crippen LogP contribution in [0.15, 0.2) is 18.2 Å². The molecule has 0 spiro atoms. The zero-order valence-corrected chi connectivity index (χ0v) is 12.2. The van der Waals surface area contributed by atoms with Crippen molar-refractivity contribution in [1.82, 2.24) is 5.32 Å². The lowest BCUT2D eigenvalue weighted by Crippen LogP contribution is -2.67. The van der Waals surface area contributed by atoms with Crippen LogP contribution >= 0.6 is 11.6 Å². The summed E-state index contributed by atoms with van der Waals surface area (Å²) in [5.74, 6) is -0.297. The molecule has 0 radical (unpaired) electrons. The quantitative estimate of drug-likeness (QED) is 0.858. The molecule has 0 bridgehead atoms. The maximum atomic E-state index is 12.5. The normalized spacial score (nSPS) is 22.4. The van der Waals surface area contributed by atoms with Gasteiger partial charge >= 0.3 is 0 Å². The molecule has 19 heavy (non-hydrogen) atoms. The van der Waals surface area contributed by atoms with Crippen molar-refractivity contribution in [3.8, 4) is 0 Å². The predicted octanol–water partition coefficient (Wildman–Crippen LogP) is 2.28. The molecule has 4 nitrogen and oxygen atoms in total. The van der Waals surface area contributed by atoms with E-state index in [1.165, 1.54) is 4.90 Å². The van der Waals surface area contributed by atoms with Crippen LogP contribution in [0.5, 0.6) is 0 Å². The van der Waals surface area contributed by atoms with Crippen molar-refractivity contribution in [2.75, 3.05) is 4.90 Å². The lowest BCUT2D eigenvalue weighted by molar-refractivity contribution is -0.136. The Bertz CT molecular complexity index is 554. The fourth-order valence-electron chi connectivity index (χ4n) is 2.24. The average Bonchev–Trinajstić information content (AvgIpc) is 2.32. The van der Waals surface area contributed by atoms with Crippen LogP contribution in [0, 0.1) is 6.92 Å². The standard InChI is InChI=1S/C14H17ClN2O2/c1-8-10(15)6-5-7-11(8)17-9(2)12(18)16-14(3,4)13(17)19/h5-7,9H,1-4H3,(H,16,18). The monoisotopic (exact) mass is 280 g/mol. The SMILES string of the molecule is Cc1c(Cl)cccc1N1C(=O)C(C)(C)NC(=O)C1C. The van der Waals surface area contributed by atoms with Gasteiger partial charge in [-0.15, -0.1) is 0 Å². The molecule has 1 aromatic rings. The van der Waals surface area contributed by atoms with Crippen molar-refractivity contribution in [1.29, 1.82) is 0 Å². The van der Waals surface area contributed by atoms with Crippen molar-refractivity contribution in [3.05, 3.63) is 28.8 Å². The van der Waals surface area contributed by atoms with Crippen LogP contribution in [0.1, 0.15) is 26.3 Å². The summed E-state index contributed by atoms with van der Waals surface area (Å²) in [6.07, 6.45) is 0. The second-order valence-corrected chi connectivity index (χ2v) is 5.76. The molecular weight excluding hydrogens is 264 g/mol. The van der Waals surface area contributed by atoms with Gasteiger partial charge < -0.3 is 5.32 Å². The first-order valence-electron chi connectivity index (χ1n) is 6.16. The van der Waals surface area contributed by atoms with E-state index in [9.17, 15) is 9.59 Å². The molecule has 5 heteroatoms. The largest absolute Gasteiger partial charge is 0.340 e. The van der Waals surface area contributed by atoms with Gasteiger partial charge in [-0.25, -0.2) is 0 Å². The molecule has 2 amide bonds. The van der Waals surface area contributed by atoms with E-state index in [0.717, 1.165) is 5.56 Å². The molecule has 0 aromatic heterocycles. The zero-order valence-electron chi connectivity index (χ0n) is 11.5. The number of piperazine rings is 1. The molecule has 102 valence electrons. The number of rotatable bonds is 1. The van der Waals surface area contributed by atoms with Gasteiger partial charge in [0.1, 0.15) is 11.6 Å².